The monoisotopic (exact) mass is 447 g/mol. The molecule has 1 fully saturated rings. The van der Waals surface area contributed by atoms with Gasteiger partial charge in [-0.05, 0) is 54.8 Å². The smallest absolute Gasteiger partial charge is 0.282 e. The maximum absolute atomic E-state index is 13.7. The number of ether oxygens (including phenoxy) is 1. The van der Waals surface area contributed by atoms with E-state index in [4.69, 9.17) is 4.74 Å². The van der Waals surface area contributed by atoms with E-state index in [-0.39, 0.29) is 17.2 Å². The normalized spacial score (nSPS) is 17.8. The van der Waals surface area contributed by atoms with E-state index in [2.05, 4.69) is 37.6 Å². The van der Waals surface area contributed by atoms with Crippen LogP contribution in [0.3, 0.4) is 0 Å². The molecule has 0 spiro atoms. The third kappa shape index (κ3) is 4.53. The van der Waals surface area contributed by atoms with Gasteiger partial charge in [-0.15, -0.1) is 0 Å². The summed E-state index contributed by atoms with van der Waals surface area (Å²) in [6.07, 6.45) is 0. The molecule has 0 bridgehead atoms. The Labute approximate surface area is 196 Å². The second kappa shape index (κ2) is 9.02. The molecule has 1 saturated heterocycles. The van der Waals surface area contributed by atoms with Gasteiger partial charge in [-0.1, -0.05) is 45.0 Å². The van der Waals surface area contributed by atoms with Gasteiger partial charge in [0, 0.05) is 26.2 Å². The molecule has 4 rings (SSSR count). The lowest BCUT2D eigenvalue weighted by molar-refractivity contribution is -0.120. The molecule has 2 aliphatic heterocycles. The predicted octanol–water partition coefficient (Wildman–Crippen LogP) is 3.91. The Hall–Kier alpha value is -3.12. The van der Waals surface area contributed by atoms with Gasteiger partial charge in [-0.3, -0.25) is 9.59 Å². The number of rotatable bonds is 5. The maximum Gasteiger partial charge on any atom is 0.282 e. The van der Waals surface area contributed by atoms with E-state index in [0.717, 1.165) is 30.0 Å². The molecule has 33 heavy (non-hydrogen) atoms. The van der Waals surface area contributed by atoms with Crippen LogP contribution in [0.4, 0.5) is 5.69 Å². The van der Waals surface area contributed by atoms with E-state index in [9.17, 15) is 9.59 Å². The fourth-order valence-electron chi connectivity index (χ4n) is 4.33. The van der Waals surface area contributed by atoms with Crippen LogP contribution in [0.25, 0.3) is 5.57 Å². The number of anilines is 1. The van der Waals surface area contributed by atoms with Crippen LogP contribution in [0.5, 0.6) is 5.75 Å². The van der Waals surface area contributed by atoms with E-state index in [1.165, 1.54) is 4.90 Å². The number of piperazine rings is 1. The second-order valence-corrected chi connectivity index (χ2v) is 9.71. The van der Waals surface area contributed by atoms with Gasteiger partial charge in [-0.2, -0.15) is 0 Å². The van der Waals surface area contributed by atoms with Gasteiger partial charge in [0.05, 0.1) is 17.9 Å². The fourth-order valence-corrected chi connectivity index (χ4v) is 4.33. The quantitative estimate of drug-likeness (QED) is 0.651. The highest BCUT2D eigenvalue weighted by Gasteiger charge is 2.43. The van der Waals surface area contributed by atoms with Crippen molar-refractivity contribution in [1.29, 1.82) is 0 Å². The van der Waals surface area contributed by atoms with Crippen LogP contribution in [0.2, 0.25) is 0 Å². The number of imide groups is 1. The van der Waals surface area contributed by atoms with Crippen molar-refractivity contribution >= 4 is 23.1 Å². The highest BCUT2D eigenvalue weighted by molar-refractivity contribution is 6.45. The molecule has 0 saturated carbocycles. The Morgan fingerprint density at radius 3 is 2.00 bits per heavy atom. The van der Waals surface area contributed by atoms with Crippen molar-refractivity contribution in [2.45, 2.75) is 33.1 Å². The zero-order valence-corrected chi connectivity index (χ0v) is 20.2. The molecular weight excluding hydrogens is 414 g/mol. The molecule has 2 amide bonds. The van der Waals surface area contributed by atoms with Gasteiger partial charge in [0.15, 0.2) is 0 Å². The first-order chi connectivity index (χ1) is 15.7. The van der Waals surface area contributed by atoms with Crippen LogP contribution in [0.15, 0.2) is 54.2 Å². The molecule has 0 N–H and O–H groups in total. The number of amides is 2. The molecular formula is C27H33N3O3. The summed E-state index contributed by atoms with van der Waals surface area (Å²) in [6, 6.07) is 15.2. The standard InChI is InChI=1S/C27H33N3O3/c1-6-33-22-13-7-19(8-14-22)23-24(29-17-15-28(5)16-18-29)26(32)30(25(23)31)21-11-9-20(10-12-21)27(2,3)4/h7-14H,6,15-18H2,1-5H3. The number of carbonyl (C=O) groups is 2. The van der Waals surface area contributed by atoms with Gasteiger partial charge in [0.2, 0.25) is 0 Å². The Kier molecular flexibility index (Phi) is 6.30. The Morgan fingerprint density at radius 2 is 1.45 bits per heavy atom. The molecule has 2 aliphatic rings. The lowest BCUT2D eigenvalue weighted by atomic mass is 9.87. The molecule has 0 atom stereocenters. The summed E-state index contributed by atoms with van der Waals surface area (Å²) in [5.74, 6) is 0.216. The minimum absolute atomic E-state index is 0.00569. The maximum atomic E-state index is 13.7. The molecule has 2 heterocycles. The highest BCUT2D eigenvalue weighted by Crippen LogP contribution is 2.36. The van der Waals surface area contributed by atoms with Gasteiger partial charge in [-0.25, -0.2) is 4.90 Å². The van der Waals surface area contributed by atoms with Crippen LogP contribution >= 0.6 is 0 Å². The van der Waals surface area contributed by atoms with Crippen molar-refractivity contribution in [2.75, 3.05) is 44.7 Å². The topological polar surface area (TPSA) is 53.1 Å². The summed E-state index contributed by atoms with van der Waals surface area (Å²) in [7, 11) is 2.07. The zero-order chi connectivity index (χ0) is 23.8. The zero-order valence-electron chi connectivity index (χ0n) is 20.2. The largest absolute Gasteiger partial charge is 0.494 e. The third-order valence-electron chi connectivity index (χ3n) is 6.32. The first kappa shape index (κ1) is 23.1. The SMILES string of the molecule is CCOc1ccc(C2=C(N3CCN(C)CC3)C(=O)N(c3ccc(C(C)(C)C)cc3)C2=O)cc1. The summed E-state index contributed by atoms with van der Waals surface area (Å²) in [4.78, 5) is 33.0. The van der Waals surface area contributed by atoms with Crippen molar-refractivity contribution in [1.82, 2.24) is 9.80 Å². The number of likely N-dealkylation sites (N-methyl/N-ethyl adjacent to an activating group) is 1. The van der Waals surface area contributed by atoms with E-state index in [1.54, 1.807) is 0 Å². The third-order valence-corrected chi connectivity index (χ3v) is 6.32. The number of nitrogens with zero attached hydrogens (tertiary/aromatic N) is 3. The molecule has 0 unspecified atom stereocenters. The highest BCUT2D eigenvalue weighted by atomic mass is 16.5. The first-order valence-electron chi connectivity index (χ1n) is 11.6. The van der Waals surface area contributed by atoms with E-state index >= 15 is 0 Å². The number of carbonyl (C=O) groups excluding carboxylic acids is 2. The van der Waals surface area contributed by atoms with Gasteiger partial charge in [0.1, 0.15) is 11.4 Å². The lowest BCUT2D eigenvalue weighted by Gasteiger charge is -2.34. The Morgan fingerprint density at radius 1 is 0.848 bits per heavy atom. The van der Waals surface area contributed by atoms with Crippen molar-refractivity contribution in [3.05, 3.63) is 65.4 Å². The van der Waals surface area contributed by atoms with Crippen molar-refractivity contribution < 1.29 is 14.3 Å². The molecule has 2 aromatic rings. The van der Waals surface area contributed by atoms with Crippen LogP contribution in [0, 0.1) is 0 Å². The molecule has 6 nitrogen and oxygen atoms in total. The van der Waals surface area contributed by atoms with Crippen molar-refractivity contribution in [3.8, 4) is 5.75 Å². The summed E-state index contributed by atoms with van der Waals surface area (Å²) in [5, 5.41) is 0. The van der Waals surface area contributed by atoms with Gasteiger partial charge in [0.25, 0.3) is 11.8 Å². The molecule has 0 radical (unpaired) electrons. The number of hydrogen-bond donors (Lipinski definition) is 0. The van der Waals surface area contributed by atoms with Crippen LogP contribution in [0.1, 0.15) is 38.8 Å². The Bertz CT molecular complexity index is 1060. The molecule has 174 valence electrons. The molecule has 6 heteroatoms. The van der Waals surface area contributed by atoms with Gasteiger partial charge >= 0.3 is 0 Å². The van der Waals surface area contributed by atoms with Crippen molar-refractivity contribution in [3.63, 3.8) is 0 Å². The summed E-state index contributed by atoms with van der Waals surface area (Å²) >= 11 is 0. The summed E-state index contributed by atoms with van der Waals surface area (Å²) in [5.41, 5.74) is 3.45. The average Bonchev–Trinajstić information content (AvgIpc) is 3.04. The van der Waals surface area contributed by atoms with Crippen LogP contribution in [-0.2, 0) is 15.0 Å². The summed E-state index contributed by atoms with van der Waals surface area (Å²) in [6.45, 7) is 12.1. The fraction of sp³-hybridized carbons (Fsp3) is 0.407. The number of benzene rings is 2. The first-order valence-corrected chi connectivity index (χ1v) is 11.6. The minimum atomic E-state index is -0.276. The Balaban J connectivity index is 1.74. The molecule has 0 aliphatic carbocycles. The molecule has 2 aromatic carbocycles. The lowest BCUT2D eigenvalue weighted by Crippen LogP contribution is -2.46. The molecule has 0 aromatic heterocycles. The van der Waals surface area contributed by atoms with E-state index in [0.29, 0.717) is 36.7 Å². The van der Waals surface area contributed by atoms with Gasteiger partial charge < -0.3 is 14.5 Å². The van der Waals surface area contributed by atoms with E-state index in [1.807, 2.05) is 55.5 Å². The summed E-state index contributed by atoms with van der Waals surface area (Å²) < 4.78 is 5.56. The van der Waals surface area contributed by atoms with E-state index < -0.39 is 0 Å². The van der Waals surface area contributed by atoms with Crippen LogP contribution in [-0.4, -0.2) is 61.4 Å². The number of hydrogen-bond acceptors (Lipinski definition) is 5. The predicted molar refractivity (Wildman–Crippen MR) is 131 cm³/mol. The van der Waals surface area contributed by atoms with Crippen molar-refractivity contribution in [2.24, 2.45) is 0 Å². The minimum Gasteiger partial charge on any atom is -0.494 e. The average molecular weight is 448 g/mol. The van der Waals surface area contributed by atoms with Crippen LogP contribution < -0.4 is 9.64 Å². The second-order valence-electron chi connectivity index (χ2n) is 9.71.